The predicted octanol–water partition coefficient (Wildman–Crippen LogP) is 1.36. The Morgan fingerprint density at radius 2 is 1.77 bits per heavy atom. The lowest BCUT2D eigenvalue weighted by molar-refractivity contribution is -0.149. The minimum absolute atomic E-state index is 0.0174. The van der Waals surface area contributed by atoms with Gasteiger partial charge in [-0.05, 0) is 38.9 Å². The molecule has 78 valence electrons. The van der Waals surface area contributed by atoms with Crippen molar-refractivity contribution in [3.63, 3.8) is 0 Å². The third-order valence-electron chi connectivity index (χ3n) is 2.38. The lowest BCUT2D eigenvalue weighted by atomic mass is 10.2. The lowest BCUT2D eigenvalue weighted by Crippen LogP contribution is -2.40. The van der Waals surface area contributed by atoms with Crippen molar-refractivity contribution in [3.8, 4) is 0 Å². The smallest absolute Gasteiger partial charge is 0.320 e. The number of nitrogens with two attached hydrogens (primary N) is 1. The van der Waals surface area contributed by atoms with E-state index in [9.17, 15) is 13.2 Å². The summed E-state index contributed by atoms with van der Waals surface area (Å²) in [5, 5.41) is 0. The van der Waals surface area contributed by atoms with E-state index in [2.05, 4.69) is 0 Å². The third kappa shape index (κ3) is 3.52. The number of alkyl halides is 3. The molecule has 0 radical (unpaired) electrons. The Morgan fingerprint density at radius 3 is 2.23 bits per heavy atom. The van der Waals surface area contributed by atoms with Gasteiger partial charge in [-0.2, -0.15) is 13.2 Å². The fourth-order valence-electron chi connectivity index (χ4n) is 1.49. The molecule has 13 heavy (non-hydrogen) atoms. The van der Waals surface area contributed by atoms with Crippen LogP contribution >= 0.6 is 0 Å². The minimum atomic E-state index is -4.24. The maximum absolute atomic E-state index is 12.0. The van der Waals surface area contributed by atoms with Gasteiger partial charge in [-0.25, -0.2) is 0 Å². The Bertz CT molecular complexity index is 152. The maximum Gasteiger partial charge on any atom is 0.403 e. The lowest BCUT2D eigenvalue weighted by Gasteiger charge is -2.19. The molecule has 1 aliphatic heterocycles. The fraction of sp³-hybridized carbons (Fsp3) is 1.00. The van der Waals surface area contributed by atoms with Crippen LogP contribution in [-0.4, -0.2) is 36.8 Å². The molecule has 0 bridgehead atoms. The minimum Gasteiger partial charge on any atom is -0.320 e. The van der Waals surface area contributed by atoms with Crippen LogP contribution in [-0.2, 0) is 0 Å². The molecule has 5 heteroatoms. The van der Waals surface area contributed by atoms with Gasteiger partial charge >= 0.3 is 6.18 Å². The van der Waals surface area contributed by atoms with Crippen molar-refractivity contribution in [2.45, 2.75) is 31.5 Å². The van der Waals surface area contributed by atoms with E-state index in [0.717, 1.165) is 25.9 Å². The first-order valence-corrected chi connectivity index (χ1v) is 4.55. The average Bonchev–Trinajstić information content (AvgIpc) is 2.50. The monoisotopic (exact) mass is 196 g/mol. The van der Waals surface area contributed by atoms with Gasteiger partial charge in [-0.15, -0.1) is 0 Å². The fourth-order valence-corrected chi connectivity index (χ4v) is 1.49. The van der Waals surface area contributed by atoms with Gasteiger partial charge in [0, 0.05) is 0 Å². The molecular formula is C8H15F3N2. The number of nitrogens with zero attached hydrogens (tertiary/aromatic N) is 1. The molecule has 0 spiro atoms. The summed E-state index contributed by atoms with van der Waals surface area (Å²) < 4.78 is 35.9. The van der Waals surface area contributed by atoms with Crippen molar-refractivity contribution in [3.05, 3.63) is 0 Å². The van der Waals surface area contributed by atoms with Crippen LogP contribution in [0.15, 0.2) is 0 Å². The van der Waals surface area contributed by atoms with Gasteiger partial charge in [0.15, 0.2) is 0 Å². The standard InChI is InChI=1S/C8H15F3N2/c9-8(10,11)7(12)3-6-13-4-1-2-5-13/h7H,1-6,12H2. The Morgan fingerprint density at radius 1 is 1.23 bits per heavy atom. The molecule has 0 aromatic carbocycles. The maximum atomic E-state index is 12.0. The summed E-state index contributed by atoms with van der Waals surface area (Å²) in [4.78, 5) is 2.03. The van der Waals surface area contributed by atoms with Crippen molar-refractivity contribution in [1.29, 1.82) is 0 Å². The molecule has 1 saturated heterocycles. The zero-order valence-corrected chi connectivity index (χ0v) is 7.48. The van der Waals surface area contributed by atoms with E-state index < -0.39 is 12.2 Å². The molecule has 0 aromatic heterocycles. The second-order valence-electron chi connectivity index (χ2n) is 3.49. The van der Waals surface area contributed by atoms with Crippen LogP contribution in [0.5, 0.6) is 0 Å². The van der Waals surface area contributed by atoms with E-state index >= 15 is 0 Å². The molecule has 2 nitrogen and oxygen atoms in total. The Labute approximate surface area is 75.9 Å². The molecule has 0 saturated carbocycles. The van der Waals surface area contributed by atoms with Crippen LogP contribution in [0.4, 0.5) is 13.2 Å². The highest BCUT2D eigenvalue weighted by molar-refractivity contribution is 4.74. The topological polar surface area (TPSA) is 29.3 Å². The van der Waals surface area contributed by atoms with Crippen LogP contribution < -0.4 is 5.73 Å². The van der Waals surface area contributed by atoms with Gasteiger partial charge in [0.1, 0.15) is 6.04 Å². The summed E-state index contributed by atoms with van der Waals surface area (Å²) in [6, 6.07) is -1.66. The van der Waals surface area contributed by atoms with Gasteiger partial charge in [-0.3, -0.25) is 0 Å². The van der Waals surface area contributed by atoms with Gasteiger partial charge in [0.05, 0.1) is 0 Å². The summed E-state index contributed by atoms with van der Waals surface area (Å²) in [6.07, 6.45) is -2.02. The van der Waals surface area contributed by atoms with Crippen LogP contribution in [0, 0.1) is 0 Å². The number of hydrogen-bond donors (Lipinski definition) is 1. The highest BCUT2D eigenvalue weighted by Gasteiger charge is 2.36. The number of hydrogen-bond acceptors (Lipinski definition) is 2. The first-order valence-electron chi connectivity index (χ1n) is 4.55. The van der Waals surface area contributed by atoms with Crippen molar-refractivity contribution < 1.29 is 13.2 Å². The molecule has 1 unspecified atom stereocenters. The molecular weight excluding hydrogens is 181 g/mol. The largest absolute Gasteiger partial charge is 0.403 e. The van der Waals surface area contributed by atoms with E-state index in [4.69, 9.17) is 5.73 Å². The Balaban J connectivity index is 2.17. The van der Waals surface area contributed by atoms with Crippen LogP contribution in [0.3, 0.4) is 0 Å². The van der Waals surface area contributed by atoms with Crippen molar-refractivity contribution in [1.82, 2.24) is 4.90 Å². The summed E-state index contributed by atoms with van der Waals surface area (Å²) in [5.41, 5.74) is 4.98. The summed E-state index contributed by atoms with van der Waals surface area (Å²) in [7, 11) is 0. The highest BCUT2D eigenvalue weighted by Crippen LogP contribution is 2.21. The van der Waals surface area contributed by atoms with E-state index in [1.54, 1.807) is 0 Å². The summed E-state index contributed by atoms with van der Waals surface area (Å²) in [6.45, 7) is 2.32. The van der Waals surface area contributed by atoms with Crippen LogP contribution in [0.2, 0.25) is 0 Å². The van der Waals surface area contributed by atoms with Gasteiger partial charge in [0.25, 0.3) is 0 Å². The van der Waals surface area contributed by atoms with E-state index in [-0.39, 0.29) is 6.42 Å². The van der Waals surface area contributed by atoms with E-state index in [1.165, 1.54) is 0 Å². The normalized spacial score (nSPS) is 22.2. The van der Waals surface area contributed by atoms with Crippen molar-refractivity contribution in [2.75, 3.05) is 19.6 Å². The van der Waals surface area contributed by atoms with Crippen LogP contribution in [0.25, 0.3) is 0 Å². The molecule has 1 fully saturated rings. The molecule has 1 heterocycles. The third-order valence-corrected chi connectivity index (χ3v) is 2.38. The molecule has 1 atom stereocenters. The zero-order valence-electron chi connectivity index (χ0n) is 7.48. The number of halogens is 3. The Kier molecular flexibility index (Phi) is 3.55. The molecule has 0 amide bonds. The molecule has 2 N–H and O–H groups in total. The van der Waals surface area contributed by atoms with Gasteiger partial charge in [-0.1, -0.05) is 0 Å². The first kappa shape index (κ1) is 10.8. The summed E-state index contributed by atoms with van der Waals surface area (Å²) >= 11 is 0. The predicted molar refractivity (Wildman–Crippen MR) is 44.3 cm³/mol. The second-order valence-corrected chi connectivity index (χ2v) is 3.49. The number of likely N-dealkylation sites (tertiary alicyclic amines) is 1. The van der Waals surface area contributed by atoms with Gasteiger partial charge < -0.3 is 10.6 Å². The average molecular weight is 196 g/mol. The van der Waals surface area contributed by atoms with E-state index in [1.807, 2.05) is 4.90 Å². The molecule has 1 aliphatic rings. The van der Waals surface area contributed by atoms with Crippen molar-refractivity contribution >= 4 is 0 Å². The Hall–Kier alpha value is -0.290. The zero-order chi connectivity index (χ0) is 9.90. The SMILES string of the molecule is NC(CCN1CCCC1)C(F)(F)F. The summed E-state index contributed by atoms with van der Waals surface area (Å²) in [5.74, 6) is 0. The molecule has 0 aliphatic carbocycles. The van der Waals surface area contributed by atoms with E-state index in [0.29, 0.717) is 6.54 Å². The highest BCUT2D eigenvalue weighted by atomic mass is 19.4. The van der Waals surface area contributed by atoms with Crippen LogP contribution in [0.1, 0.15) is 19.3 Å². The molecule has 1 rings (SSSR count). The number of rotatable bonds is 3. The first-order chi connectivity index (χ1) is 6.00. The quantitative estimate of drug-likeness (QED) is 0.738. The second kappa shape index (κ2) is 4.28. The molecule has 0 aromatic rings. The van der Waals surface area contributed by atoms with Crippen molar-refractivity contribution in [2.24, 2.45) is 5.73 Å². The van der Waals surface area contributed by atoms with Gasteiger partial charge in [0.2, 0.25) is 0 Å².